The zero-order valence-electron chi connectivity index (χ0n) is 12.6. The molecule has 1 heterocycles. The van der Waals surface area contributed by atoms with Crippen molar-refractivity contribution in [3.8, 4) is 11.8 Å². The Labute approximate surface area is 127 Å². The second-order valence-electron chi connectivity index (χ2n) is 4.73. The zero-order valence-corrected chi connectivity index (χ0v) is 12.6. The second-order valence-corrected chi connectivity index (χ2v) is 4.73. The molecule has 0 N–H and O–H groups in total. The smallest absolute Gasteiger partial charge is 0.359 e. The number of rotatable bonds is 3. The van der Waals surface area contributed by atoms with Gasteiger partial charge in [-0.2, -0.15) is 15.0 Å². The molecule has 0 spiro atoms. The van der Waals surface area contributed by atoms with Gasteiger partial charge in [0.1, 0.15) is 11.6 Å². The van der Waals surface area contributed by atoms with Crippen LogP contribution in [-0.4, -0.2) is 22.4 Å². The molecule has 2 rings (SSSR count). The fourth-order valence-corrected chi connectivity index (χ4v) is 1.99. The lowest BCUT2D eigenvalue weighted by atomic mass is 10.1. The van der Waals surface area contributed by atoms with Gasteiger partial charge >= 0.3 is 5.97 Å². The number of hydrogen-bond donors (Lipinski definition) is 0. The highest BCUT2D eigenvalue weighted by atomic mass is 16.5. The number of benzene rings is 1. The number of nitrogens with zero attached hydrogens (tertiary/aromatic N) is 3. The average Bonchev–Trinajstić information content (AvgIpc) is 2.49. The third-order valence-corrected chi connectivity index (χ3v) is 3.20. The first-order valence-electron chi connectivity index (χ1n) is 6.77. The number of carbonyl (C=O) groups is 1. The van der Waals surface area contributed by atoms with Crippen LogP contribution in [0.1, 0.15) is 34.1 Å². The van der Waals surface area contributed by atoms with E-state index in [1.807, 2.05) is 25.1 Å². The van der Waals surface area contributed by atoms with Gasteiger partial charge in [0.05, 0.1) is 12.3 Å². The Kier molecular flexibility index (Phi) is 4.37. The van der Waals surface area contributed by atoms with Crippen molar-refractivity contribution in [3.05, 3.63) is 57.0 Å². The van der Waals surface area contributed by atoms with Gasteiger partial charge in [0.2, 0.25) is 0 Å². The first-order chi connectivity index (χ1) is 10.5. The van der Waals surface area contributed by atoms with Crippen molar-refractivity contribution in [3.63, 3.8) is 0 Å². The molecule has 1 aromatic heterocycles. The van der Waals surface area contributed by atoms with E-state index in [0.717, 1.165) is 10.2 Å². The van der Waals surface area contributed by atoms with Crippen LogP contribution in [0.4, 0.5) is 0 Å². The van der Waals surface area contributed by atoms with E-state index in [4.69, 9.17) is 4.74 Å². The monoisotopic (exact) mass is 297 g/mol. The maximum atomic E-state index is 12.4. The number of nitriles is 1. The lowest BCUT2D eigenvalue weighted by Crippen LogP contribution is -2.28. The molecule has 0 unspecified atom stereocenters. The van der Waals surface area contributed by atoms with Crippen LogP contribution in [0.25, 0.3) is 5.69 Å². The molecule has 6 nitrogen and oxygen atoms in total. The van der Waals surface area contributed by atoms with E-state index >= 15 is 0 Å². The van der Waals surface area contributed by atoms with Crippen LogP contribution in [0.5, 0.6) is 0 Å². The van der Waals surface area contributed by atoms with E-state index in [-0.39, 0.29) is 23.4 Å². The molecule has 0 radical (unpaired) electrons. The molecule has 0 aliphatic carbocycles. The zero-order chi connectivity index (χ0) is 16.3. The van der Waals surface area contributed by atoms with Gasteiger partial charge in [-0.15, -0.1) is 0 Å². The minimum absolute atomic E-state index is 0.0291. The van der Waals surface area contributed by atoms with Gasteiger partial charge in [-0.1, -0.05) is 17.7 Å². The van der Waals surface area contributed by atoms with Crippen molar-refractivity contribution in [1.29, 1.82) is 5.26 Å². The molecule has 1 aromatic carbocycles. The Morgan fingerprint density at radius 1 is 1.32 bits per heavy atom. The van der Waals surface area contributed by atoms with E-state index in [9.17, 15) is 14.9 Å². The highest BCUT2D eigenvalue weighted by Gasteiger charge is 2.20. The van der Waals surface area contributed by atoms with E-state index in [2.05, 4.69) is 5.10 Å². The Balaban J connectivity index is 2.72. The Morgan fingerprint density at radius 3 is 2.50 bits per heavy atom. The fourth-order valence-electron chi connectivity index (χ4n) is 1.99. The topological polar surface area (TPSA) is 85.0 Å². The number of esters is 1. The molecule has 0 atom stereocenters. The minimum atomic E-state index is -0.655. The lowest BCUT2D eigenvalue weighted by Gasteiger charge is -2.10. The average molecular weight is 297 g/mol. The molecule has 0 bridgehead atoms. The van der Waals surface area contributed by atoms with E-state index < -0.39 is 11.5 Å². The van der Waals surface area contributed by atoms with Crippen LogP contribution >= 0.6 is 0 Å². The SMILES string of the molecule is CCOC(=O)c1nn(-c2ccc(C)cc2)c(=O)c(C#N)c1C. The summed E-state index contributed by atoms with van der Waals surface area (Å²) in [5, 5.41) is 13.3. The Morgan fingerprint density at radius 2 is 1.95 bits per heavy atom. The van der Waals surface area contributed by atoms with Gasteiger partial charge in [0.25, 0.3) is 5.56 Å². The van der Waals surface area contributed by atoms with Crippen LogP contribution in [0, 0.1) is 25.2 Å². The van der Waals surface area contributed by atoms with Gasteiger partial charge in [-0.05, 0) is 32.9 Å². The van der Waals surface area contributed by atoms with Crippen molar-refractivity contribution >= 4 is 5.97 Å². The van der Waals surface area contributed by atoms with Crippen LogP contribution in [0.15, 0.2) is 29.1 Å². The van der Waals surface area contributed by atoms with Crippen molar-refractivity contribution in [2.45, 2.75) is 20.8 Å². The molecular formula is C16H15N3O3. The van der Waals surface area contributed by atoms with Gasteiger partial charge in [-0.25, -0.2) is 4.79 Å². The van der Waals surface area contributed by atoms with Crippen molar-refractivity contribution < 1.29 is 9.53 Å². The maximum absolute atomic E-state index is 12.4. The molecule has 0 aliphatic heterocycles. The largest absolute Gasteiger partial charge is 0.461 e. The molecule has 0 saturated carbocycles. The molecule has 112 valence electrons. The maximum Gasteiger partial charge on any atom is 0.359 e. The van der Waals surface area contributed by atoms with Crippen molar-refractivity contribution in [2.24, 2.45) is 0 Å². The van der Waals surface area contributed by atoms with Crippen LogP contribution in [0.2, 0.25) is 0 Å². The number of hydrogen-bond acceptors (Lipinski definition) is 5. The molecule has 0 fully saturated rings. The first-order valence-corrected chi connectivity index (χ1v) is 6.77. The number of carbonyl (C=O) groups excluding carboxylic acids is 1. The van der Waals surface area contributed by atoms with Crippen LogP contribution in [0.3, 0.4) is 0 Å². The number of ether oxygens (including phenoxy) is 1. The fraction of sp³-hybridized carbons (Fsp3) is 0.250. The molecule has 0 saturated heterocycles. The highest BCUT2D eigenvalue weighted by molar-refractivity contribution is 5.89. The van der Waals surface area contributed by atoms with Crippen LogP contribution in [-0.2, 0) is 4.74 Å². The summed E-state index contributed by atoms with van der Waals surface area (Å²) in [4.78, 5) is 24.3. The third kappa shape index (κ3) is 2.74. The summed E-state index contributed by atoms with van der Waals surface area (Å²) in [6, 6.07) is 8.89. The van der Waals surface area contributed by atoms with Gasteiger partial charge < -0.3 is 4.74 Å². The van der Waals surface area contributed by atoms with Gasteiger partial charge in [0, 0.05) is 5.56 Å². The molecule has 22 heavy (non-hydrogen) atoms. The lowest BCUT2D eigenvalue weighted by molar-refractivity contribution is 0.0516. The summed E-state index contributed by atoms with van der Waals surface area (Å²) in [5.74, 6) is -0.655. The predicted molar refractivity (Wildman–Crippen MR) is 80.0 cm³/mol. The summed E-state index contributed by atoms with van der Waals surface area (Å²) in [6.07, 6.45) is 0. The van der Waals surface area contributed by atoms with E-state index in [0.29, 0.717) is 5.69 Å². The second kappa shape index (κ2) is 6.22. The number of aryl methyl sites for hydroxylation is 1. The Hall–Kier alpha value is -2.94. The standard InChI is InChI=1S/C16H15N3O3/c1-4-22-16(21)14-11(3)13(9-17)15(20)19(18-14)12-7-5-10(2)6-8-12/h5-8H,4H2,1-3H3. The molecule has 0 aliphatic rings. The van der Waals surface area contributed by atoms with Gasteiger partial charge in [0.15, 0.2) is 5.69 Å². The quantitative estimate of drug-likeness (QED) is 0.808. The number of aromatic nitrogens is 2. The minimum Gasteiger partial charge on any atom is -0.461 e. The van der Waals surface area contributed by atoms with Gasteiger partial charge in [-0.3, -0.25) is 4.79 Å². The molecule has 2 aromatic rings. The van der Waals surface area contributed by atoms with Crippen molar-refractivity contribution in [2.75, 3.05) is 6.61 Å². The third-order valence-electron chi connectivity index (χ3n) is 3.20. The summed E-state index contributed by atoms with van der Waals surface area (Å²) < 4.78 is 5.98. The molecule has 0 amide bonds. The van der Waals surface area contributed by atoms with Crippen LogP contribution < -0.4 is 5.56 Å². The summed E-state index contributed by atoms with van der Waals surface area (Å²) in [5.41, 5.74) is 1.04. The summed E-state index contributed by atoms with van der Waals surface area (Å²) >= 11 is 0. The Bertz CT molecular complexity index is 814. The van der Waals surface area contributed by atoms with E-state index in [1.54, 1.807) is 19.1 Å². The highest BCUT2D eigenvalue weighted by Crippen LogP contribution is 2.12. The molecular weight excluding hydrogens is 282 g/mol. The van der Waals surface area contributed by atoms with E-state index in [1.165, 1.54) is 6.92 Å². The first kappa shape index (κ1) is 15.4. The molecule has 6 heteroatoms. The van der Waals surface area contributed by atoms with Crippen molar-refractivity contribution in [1.82, 2.24) is 9.78 Å². The summed E-state index contributed by atoms with van der Waals surface area (Å²) in [6.45, 7) is 5.29. The predicted octanol–water partition coefficient (Wildman–Crippen LogP) is 1.90. The normalized spacial score (nSPS) is 10.1. The summed E-state index contributed by atoms with van der Waals surface area (Å²) in [7, 11) is 0.